The highest BCUT2D eigenvalue weighted by Gasteiger charge is 2.21. The van der Waals surface area contributed by atoms with E-state index in [9.17, 15) is 6.85 Å². The van der Waals surface area contributed by atoms with Crippen molar-refractivity contribution in [3.05, 3.63) is 181 Å². The summed E-state index contributed by atoms with van der Waals surface area (Å²) in [6, 6.07) is -3.09. The fourth-order valence-corrected chi connectivity index (χ4v) is 6.48. The molecule has 1 nitrogen and oxygen atoms in total. The molecule has 0 spiro atoms. The summed E-state index contributed by atoms with van der Waals surface area (Å²) >= 11 is 0. The Kier molecular flexibility index (Phi) is 3.07. The quantitative estimate of drug-likeness (QED) is 0.174. The minimum atomic E-state index is -0.845. The van der Waals surface area contributed by atoms with E-state index in [1.807, 2.05) is 0 Å². The van der Waals surface area contributed by atoms with Crippen LogP contribution < -0.4 is 0 Å². The van der Waals surface area contributed by atoms with E-state index < -0.39 is 155 Å². The molecular formula is C48H30O. The number of furan rings is 1. The molecule has 0 saturated heterocycles. The second kappa shape index (κ2) is 11.1. The van der Waals surface area contributed by atoms with E-state index in [0.29, 0.717) is 0 Å². The maximum Gasteiger partial charge on any atom is 0.143 e. The molecule has 228 valence electrons. The van der Waals surface area contributed by atoms with Crippen molar-refractivity contribution in [3.8, 4) is 44.5 Å². The fourth-order valence-electron chi connectivity index (χ4n) is 6.48. The average Bonchev–Trinajstić information content (AvgIpc) is 3.76. The van der Waals surface area contributed by atoms with Gasteiger partial charge in [0.1, 0.15) is 11.2 Å². The van der Waals surface area contributed by atoms with Gasteiger partial charge < -0.3 is 4.42 Å². The molecule has 10 rings (SSSR count). The van der Waals surface area contributed by atoms with E-state index in [4.69, 9.17) is 27.7 Å². The van der Waals surface area contributed by atoms with Gasteiger partial charge in [-0.05, 0) is 89.6 Å². The molecule has 0 N–H and O–H groups in total. The molecule has 1 heterocycles. The smallest absolute Gasteiger partial charge is 0.143 e. The second-order valence-electron chi connectivity index (χ2n) is 11.1. The van der Waals surface area contributed by atoms with Crippen LogP contribution in [0.4, 0.5) is 0 Å². The van der Waals surface area contributed by atoms with Gasteiger partial charge in [-0.1, -0.05) is 163 Å². The third kappa shape index (κ3) is 4.33. The molecule has 0 saturated carbocycles. The lowest BCUT2D eigenvalue weighted by Gasteiger charge is -2.19. The van der Waals surface area contributed by atoms with Crippen LogP contribution in [-0.2, 0) is 0 Å². The molecule has 0 aliphatic carbocycles. The number of benzene rings is 9. The van der Waals surface area contributed by atoms with Gasteiger partial charge in [-0.25, -0.2) is 0 Å². The molecule has 10 aromatic rings. The van der Waals surface area contributed by atoms with Crippen LogP contribution in [0.25, 0.3) is 98.8 Å². The van der Waals surface area contributed by atoms with Gasteiger partial charge in [-0.2, -0.15) is 0 Å². The van der Waals surface area contributed by atoms with Crippen LogP contribution in [0.15, 0.2) is 186 Å². The van der Waals surface area contributed by atoms with Crippen molar-refractivity contribution in [2.45, 2.75) is 0 Å². The molecule has 0 aliphatic heterocycles. The van der Waals surface area contributed by atoms with Crippen molar-refractivity contribution in [1.29, 1.82) is 0 Å². The van der Waals surface area contributed by atoms with E-state index in [2.05, 4.69) is 0 Å². The first-order valence-electron chi connectivity index (χ1n) is 26.1. The Labute approximate surface area is 315 Å². The van der Waals surface area contributed by atoms with Crippen LogP contribution in [0.1, 0.15) is 30.2 Å². The van der Waals surface area contributed by atoms with Gasteiger partial charge in [0, 0.05) is 16.2 Å². The predicted molar refractivity (Wildman–Crippen MR) is 208 cm³/mol. The zero-order chi connectivity index (χ0) is 51.5. The van der Waals surface area contributed by atoms with Crippen molar-refractivity contribution in [1.82, 2.24) is 0 Å². The zero-order valence-corrected chi connectivity index (χ0v) is 25.0. The van der Waals surface area contributed by atoms with Crippen molar-refractivity contribution < 1.29 is 34.6 Å². The van der Waals surface area contributed by atoms with E-state index in [-0.39, 0.29) is 76.5 Å². The third-order valence-electron chi connectivity index (χ3n) is 8.49. The Morgan fingerprint density at radius 1 is 0.388 bits per heavy atom. The van der Waals surface area contributed by atoms with Crippen LogP contribution >= 0.6 is 0 Å². The average molecular weight is 645 g/mol. The van der Waals surface area contributed by atoms with Crippen molar-refractivity contribution >= 4 is 54.3 Å². The Balaban J connectivity index is 1.43. The zero-order valence-electron chi connectivity index (χ0n) is 47.0. The van der Waals surface area contributed by atoms with Crippen LogP contribution in [0.5, 0.6) is 0 Å². The summed E-state index contributed by atoms with van der Waals surface area (Å²) in [7, 11) is 0. The van der Waals surface area contributed by atoms with Gasteiger partial charge >= 0.3 is 0 Å². The largest absolute Gasteiger partial charge is 0.455 e. The van der Waals surface area contributed by atoms with Crippen molar-refractivity contribution in [2.75, 3.05) is 0 Å². The Morgan fingerprint density at radius 2 is 1.00 bits per heavy atom. The molecule has 0 radical (unpaired) electrons. The minimum absolute atomic E-state index is 0.0735. The molecule has 0 fully saturated rings. The van der Waals surface area contributed by atoms with Crippen LogP contribution in [0, 0.1) is 0 Å². The van der Waals surface area contributed by atoms with Crippen molar-refractivity contribution in [3.63, 3.8) is 0 Å². The molecular weight excluding hydrogens is 593 g/mol. The van der Waals surface area contributed by atoms with Crippen molar-refractivity contribution in [2.24, 2.45) is 0 Å². The lowest BCUT2D eigenvalue weighted by Crippen LogP contribution is -1.92. The molecule has 0 amide bonds. The lowest BCUT2D eigenvalue weighted by molar-refractivity contribution is 0.673. The Hall–Kier alpha value is -6.44. The maximum atomic E-state index is 10.1. The van der Waals surface area contributed by atoms with Crippen LogP contribution in [0.3, 0.4) is 0 Å². The number of hydrogen-bond donors (Lipinski definition) is 0. The van der Waals surface area contributed by atoms with Gasteiger partial charge in [-0.15, -0.1) is 0 Å². The lowest BCUT2D eigenvalue weighted by atomic mass is 9.83. The summed E-state index contributed by atoms with van der Waals surface area (Å²) in [4.78, 5) is 0. The molecule has 0 unspecified atom stereocenters. The summed E-state index contributed by atoms with van der Waals surface area (Å²) in [6.07, 6.45) is 0. The van der Waals surface area contributed by atoms with E-state index in [0.717, 1.165) is 0 Å². The summed E-state index contributed by atoms with van der Waals surface area (Å²) in [5.41, 5.74) is -3.30. The summed E-state index contributed by atoms with van der Waals surface area (Å²) in [6.45, 7) is 0. The fraction of sp³-hybridized carbons (Fsp3) is 0. The standard InChI is InChI=1S/C48H30O/c1-3-14-31(15-4-1)35-28-27-34(30-43(35)32-16-5-2-6-17-32)45-37-20-9-11-22-39(37)46(40-23-12-10-21-38(40)45)41-24-13-25-44-47(41)42-29-26-33-18-7-8-19-36(33)48(42)49-44/h1-30H/i1D,2D,3D,4D,5D,6D,7D,8D,13D,14D,15D,16D,17D,18D,19D,24D,25D,26D,27D,28D,29D,30D. The first kappa shape index (κ1) is 13.6. The van der Waals surface area contributed by atoms with Crippen LogP contribution in [0.2, 0.25) is 0 Å². The van der Waals surface area contributed by atoms with Crippen LogP contribution in [-0.4, -0.2) is 0 Å². The maximum absolute atomic E-state index is 10.1. The third-order valence-corrected chi connectivity index (χ3v) is 8.49. The molecule has 0 atom stereocenters. The molecule has 1 heteroatoms. The normalized spacial score (nSPS) is 18.0. The molecule has 9 aromatic carbocycles. The molecule has 49 heavy (non-hydrogen) atoms. The predicted octanol–water partition coefficient (Wildman–Crippen LogP) is 13.7. The summed E-state index contributed by atoms with van der Waals surface area (Å²) in [5, 5.41) is 0.117. The summed E-state index contributed by atoms with van der Waals surface area (Å²) < 4.78 is 202. The highest BCUT2D eigenvalue weighted by molar-refractivity contribution is 6.27. The second-order valence-corrected chi connectivity index (χ2v) is 11.1. The van der Waals surface area contributed by atoms with E-state index in [1.165, 1.54) is 0 Å². The highest BCUT2D eigenvalue weighted by Crippen LogP contribution is 2.48. The van der Waals surface area contributed by atoms with E-state index in [1.54, 1.807) is 48.5 Å². The summed E-state index contributed by atoms with van der Waals surface area (Å²) in [5.74, 6) is 0. The monoisotopic (exact) mass is 644 g/mol. The van der Waals surface area contributed by atoms with Gasteiger partial charge in [0.15, 0.2) is 0 Å². The minimum Gasteiger partial charge on any atom is -0.455 e. The Morgan fingerprint density at radius 3 is 1.69 bits per heavy atom. The first-order valence-corrected chi connectivity index (χ1v) is 15.1. The molecule has 0 bridgehead atoms. The SMILES string of the molecule is [2H]c1c([2H])c([2H])c(-c2c([2H])c([2H])c(-c3c4ccccc4c(-c4c([2H])c([2H])c([2H])c5oc6c7c([2H])c([2H])c([2H])c([2H])c7c([2H])c([2H])c6c45)c4ccccc34)c([2H])c2-c2c([2H])c([2H])c([2H])c([2H])c2[2H])c([2H])c1[2H]. The number of rotatable bonds is 4. The topological polar surface area (TPSA) is 13.1 Å². The van der Waals surface area contributed by atoms with E-state index >= 15 is 0 Å². The number of hydrogen-bond acceptors (Lipinski definition) is 1. The number of fused-ring (bicyclic) bond motifs is 7. The van der Waals surface area contributed by atoms with Gasteiger partial charge in [-0.3, -0.25) is 0 Å². The van der Waals surface area contributed by atoms with Gasteiger partial charge in [0.25, 0.3) is 0 Å². The Bertz CT molecular complexity index is 4030. The van der Waals surface area contributed by atoms with Gasteiger partial charge in [0.2, 0.25) is 0 Å². The first-order chi connectivity index (χ1) is 33.5. The highest BCUT2D eigenvalue weighted by atomic mass is 16.3. The van der Waals surface area contributed by atoms with Gasteiger partial charge in [0.05, 0.1) is 30.2 Å². The molecule has 0 aliphatic rings. The molecule has 1 aromatic heterocycles.